The Kier molecular flexibility index (Phi) is 3.16. The van der Waals surface area contributed by atoms with Gasteiger partial charge in [-0.15, -0.1) is 0 Å². The summed E-state index contributed by atoms with van der Waals surface area (Å²) < 4.78 is 3.39. The summed E-state index contributed by atoms with van der Waals surface area (Å²) in [5.74, 6) is 0. The average molecular weight is 325 g/mol. The monoisotopic (exact) mass is 324 g/mol. The highest BCUT2D eigenvalue weighted by molar-refractivity contribution is 6.31. The maximum Gasteiger partial charge on any atom is 0.284 e. The van der Waals surface area contributed by atoms with Gasteiger partial charge in [0.25, 0.3) is 5.56 Å². The van der Waals surface area contributed by atoms with Gasteiger partial charge in [0.15, 0.2) is 5.52 Å². The van der Waals surface area contributed by atoms with Gasteiger partial charge in [0.2, 0.25) is 0 Å². The van der Waals surface area contributed by atoms with E-state index in [1.807, 2.05) is 31.3 Å². The zero-order valence-corrected chi connectivity index (χ0v) is 13.2. The van der Waals surface area contributed by atoms with E-state index in [9.17, 15) is 4.79 Å². The van der Waals surface area contributed by atoms with Gasteiger partial charge in [0, 0.05) is 34.7 Å². The highest BCUT2D eigenvalue weighted by Crippen LogP contribution is 2.26. The van der Waals surface area contributed by atoms with Crippen molar-refractivity contribution >= 4 is 33.4 Å². The minimum absolute atomic E-state index is 0.171. The van der Waals surface area contributed by atoms with Gasteiger partial charge in [-0.1, -0.05) is 17.7 Å². The predicted molar refractivity (Wildman–Crippen MR) is 91.3 cm³/mol. The molecule has 0 aliphatic rings. The molecule has 0 aliphatic carbocycles. The van der Waals surface area contributed by atoms with Crippen LogP contribution in [0, 0.1) is 0 Å². The lowest BCUT2D eigenvalue weighted by Crippen LogP contribution is -2.19. The third kappa shape index (κ3) is 2.12. The molecule has 0 N–H and O–H groups in total. The summed E-state index contributed by atoms with van der Waals surface area (Å²) in [6, 6.07) is 9.19. The van der Waals surface area contributed by atoms with Gasteiger partial charge in [-0.3, -0.25) is 19.0 Å². The second-order valence-electron chi connectivity index (χ2n) is 5.26. The lowest BCUT2D eigenvalue weighted by Gasteiger charge is -2.10. The van der Waals surface area contributed by atoms with E-state index in [0.717, 1.165) is 16.3 Å². The molecule has 23 heavy (non-hydrogen) atoms. The molecule has 3 aromatic heterocycles. The summed E-state index contributed by atoms with van der Waals surface area (Å²) in [4.78, 5) is 17.1. The topological polar surface area (TPSA) is 52.7 Å². The number of halogens is 1. The minimum atomic E-state index is -0.171. The molecule has 5 nitrogen and oxygen atoms in total. The number of hydrogen-bond acceptors (Lipinski definition) is 3. The lowest BCUT2D eigenvalue weighted by atomic mass is 10.1. The Morgan fingerprint density at radius 2 is 2.09 bits per heavy atom. The van der Waals surface area contributed by atoms with E-state index in [1.165, 1.54) is 0 Å². The van der Waals surface area contributed by atoms with E-state index in [-0.39, 0.29) is 5.56 Å². The molecule has 6 heteroatoms. The molecule has 4 aromatic rings. The van der Waals surface area contributed by atoms with E-state index in [4.69, 9.17) is 11.6 Å². The van der Waals surface area contributed by atoms with Crippen LogP contribution in [-0.2, 0) is 6.54 Å². The van der Waals surface area contributed by atoms with Crippen molar-refractivity contribution in [2.75, 3.05) is 0 Å². The molecule has 3 heterocycles. The van der Waals surface area contributed by atoms with Crippen LogP contribution >= 0.6 is 11.6 Å². The van der Waals surface area contributed by atoms with Crippen molar-refractivity contribution in [1.29, 1.82) is 0 Å². The molecule has 0 bridgehead atoms. The molecule has 0 saturated carbocycles. The summed E-state index contributed by atoms with van der Waals surface area (Å²) >= 11 is 6.16. The number of aryl methyl sites for hydroxylation is 1. The zero-order chi connectivity index (χ0) is 16.0. The lowest BCUT2D eigenvalue weighted by molar-refractivity contribution is 0.667. The molecule has 0 spiro atoms. The molecular formula is C17H13ClN4O. The second kappa shape index (κ2) is 5.21. The van der Waals surface area contributed by atoms with E-state index >= 15 is 0 Å². The van der Waals surface area contributed by atoms with Crippen LogP contribution in [0.3, 0.4) is 0 Å². The van der Waals surface area contributed by atoms with Gasteiger partial charge < -0.3 is 0 Å². The van der Waals surface area contributed by atoms with E-state index in [2.05, 4.69) is 10.1 Å². The Bertz CT molecular complexity index is 1080. The summed E-state index contributed by atoms with van der Waals surface area (Å²) in [6.45, 7) is 2.70. The molecule has 0 fully saturated rings. The molecule has 4 rings (SSSR count). The van der Waals surface area contributed by atoms with Crippen molar-refractivity contribution in [3.8, 4) is 5.69 Å². The summed E-state index contributed by atoms with van der Waals surface area (Å²) in [5, 5.41) is 6.77. The largest absolute Gasteiger partial charge is 0.284 e. The standard InChI is InChI=1S/C17H13ClN4O/c1-2-21-10-14-13-6-5-11(18)8-15(13)22(17(23)16(14)20-21)12-4-3-7-19-9-12/h3-10H,2H2,1H3. The first-order valence-electron chi connectivity index (χ1n) is 7.31. The fourth-order valence-corrected chi connectivity index (χ4v) is 2.98. The highest BCUT2D eigenvalue weighted by Gasteiger charge is 2.15. The van der Waals surface area contributed by atoms with Crippen LogP contribution in [0.4, 0.5) is 0 Å². The van der Waals surface area contributed by atoms with E-state index < -0.39 is 0 Å². The Hall–Kier alpha value is -2.66. The summed E-state index contributed by atoms with van der Waals surface area (Å²) in [5.41, 5.74) is 1.72. The van der Waals surface area contributed by atoms with Crippen molar-refractivity contribution in [3.05, 3.63) is 64.3 Å². The molecular weight excluding hydrogens is 312 g/mol. The summed E-state index contributed by atoms with van der Waals surface area (Å²) in [7, 11) is 0. The smallest absolute Gasteiger partial charge is 0.273 e. The third-order valence-electron chi connectivity index (χ3n) is 3.89. The van der Waals surface area contributed by atoms with E-state index in [1.54, 1.807) is 33.8 Å². The van der Waals surface area contributed by atoms with Gasteiger partial charge in [0.1, 0.15) is 0 Å². The van der Waals surface area contributed by atoms with Crippen LogP contribution in [-0.4, -0.2) is 19.3 Å². The fraction of sp³-hybridized carbons (Fsp3) is 0.118. The van der Waals surface area contributed by atoms with Crippen LogP contribution in [0.5, 0.6) is 0 Å². The first-order valence-corrected chi connectivity index (χ1v) is 7.68. The SMILES string of the molecule is CCn1cc2c(n1)c(=O)n(-c1cccnc1)c1cc(Cl)ccc21. The summed E-state index contributed by atoms with van der Waals surface area (Å²) in [6.07, 6.45) is 5.24. The van der Waals surface area contributed by atoms with Crippen LogP contribution in [0.2, 0.25) is 5.02 Å². The van der Waals surface area contributed by atoms with Gasteiger partial charge in [-0.2, -0.15) is 5.10 Å². The van der Waals surface area contributed by atoms with Crippen LogP contribution in [0.25, 0.3) is 27.5 Å². The molecule has 0 aliphatic heterocycles. The number of hydrogen-bond donors (Lipinski definition) is 0. The molecule has 1 aromatic carbocycles. The van der Waals surface area contributed by atoms with Gasteiger partial charge in [-0.05, 0) is 31.2 Å². The average Bonchev–Trinajstić information content (AvgIpc) is 3.01. The second-order valence-corrected chi connectivity index (χ2v) is 5.70. The third-order valence-corrected chi connectivity index (χ3v) is 4.12. The maximum absolute atomic E-state index is 13.0. The Morgan fingerprint density at radius 1 is 1.22 bits per heavy atom. The number of nitrogens with zero attached hydrogens (tertiary/aromatic N) is 4. The molecule has 0 amide bonds. The van der Waals surface area contributed by atoms with Gasteiger partial charge >= 0.3 is 0 Å². The molecule has 114 valence electrons. The Balaban J connectivity index is 2.24. The maximum atomic E-state index is 13.0. The molecule has 0 saturated heterocycles. The molecule has 0 atom stereocenters. The fourth-order valence-electron chi connectivity index (χ4n) is 2.81. The number of rotatable bonds is 2. The quantitative estimate of drug-likeness (QED) is 0.568. The number of pyridine rings is 2. The van der Waals surface area contributed by atoms with Crippen molar-refractivity contribution in [3.63, 3.8) is 0 Å². The first-order chi connectivity index (χ1) is 11.2. The van der Waals surface area contributed by atoms with Crippen molar-refractivity contribution in [2.45, 2.75) is 13.5 Å². The van der Waals surface area contributed by atoms with Crippen molar-refractivity contribution in [2.24, 2.45) is 0 Å². The predicted octanol–water partition coefficient (Wildman–Crippen LogP) is 3.41. The Morgan fingerprint density at radius 3 is 2.83 bits per heavy atom. The van der Waals surface area contributed by atoms with Crippen LogP contribution in [0.15, 0.2) is 53.7 Å². The normalized spacial score (nSPS) is 11.4. The first kappa shape index (κ1) is 14.0. The van der Waals surface area contributed by atoms with Crippen LogP contribution < -0.4 is 5.56 Å². The number of aromatic nitrogens is 4. The van der Waals surface area contributed by atoms with Crippen molar-refractivity contribution < 1.29 is 0 Å². The molecule has 0 radical (unpaired) electrons. The highest BCUT2D eigenvalue weighted by atomic mass is 35.5. The minimum Gasteiger partial charge on any atom is -0.273 e. The molecule has 0 unspecified atom stereocenters. The Labute approximate surface area is 136 Å². The van der Waals surface area contributed by atoms with Gasteiger partial charge in [-0.25, -0.2) is 0 Å². The zero-order valence-electron chi connectivity index (χ0n) is 12.4. The number of benzene rings is 1. The van der Waals surface area contributed by atoms with Gasteiger partial charge in [0.05, 0.1) is 17.4 Å². The number of fused-ring (bicyclic) bond motifs is 3. The van der Waals surface area contributed by atoms with Crippen molar-refractivity contribution in [1.82, 2.24) is 19.3 Å². The van der Waals surface area contributed by atoms with Crippen LogP contribution in [0.1, 0.15) is 6.92 Å². The van der Waals surface area contributed by atoms with E-state index in [0.29, 0.717) is 22.8 Å².